The molecular weight excluding hydrogens is 613 g/mol. The highest BCUT2D eigenvalue weighted by Gasteiger charge is 2.21. The van der Waals surface area contributed by atoms with Crippen molar-refractivity contribution in [2.45, 2.75) is 57.1 Å². The molecule has 1 aliphatic rings. The van der Waals surface area contributed by atoms with Gasteiger partial charge in [-0.25, -0.2) is 4.79 Å². The molecule has 3 amide bonds. The van der Waals surface area contributed by atoms with Gasteiger partial charge in [-0.2, -0.15) is 0 Å². The number of hydrogen-bond acceptors (Lipinski definition) is 7. The zero-order chi connectivity index (χ0) is 32.8. The number of rotatable bonds is 16. The number of carbonyl (C=O) groups is 2. The molecule has 0 bridgehead atoms. The van der Waals surface area contributed by atoms with Crippen molar-refractivity contribution in [1.82, 2.24) is 25.8 Å². The number of thiazole rings is 1. The van der Waals surface area contributed by atoms with Crippen LogP contribution in [0.3, 0.4) is 0 Å². The van der Waals surface area contributed by atoms with E-state index in [0.717, 1.165) is 109 Å². The van der Waals surface area contributed by atoms with E-state index in [4.69, 9.17) is 0 Å². The van der Waals surface area contributed by atoms with Crippen molar-refractivity contribution in [3.63, 3.8) is 0 Å². The fraction of sp³-hybridized carbons (Fsp3) is 0.417. The first-order chi connectivity index (χ1) is 23.0. The number of piperidine rings is 1. The van der Waals surface area contributed by atoms with Crippen LogP contribution in [0.4, 0.5) is 10.5 Å². The van der Waals surface area contributed by atoms with Crippen molar-refractivity contribution in [2.24, 2.45) is 0 Å². The number of aromatic amines is 1. The van der Waals surface area contributed by atoms with Gasteiger partial charge in [-0.15, -0.1) is 0 Å². The molecule has 1 aromatic heterocycles. The number of para-hydroxylation sites is 1. The maximum Gasteiger partial charge on any atom is 0.319 e. The maximum absolute atomic E-state index is 12.8. The average Bonchev–Trinajstić information content (AvgIpc) is 3.48. The molecule has 6 N–H and O–H groups in total. The van der Waals surface area contributed by atoms with Gasteiger partial charge in [0.25, 0.3) is 0 Å². The van der Waals surface area contributed by atoms with E-state index in [1.54, 1.807) is 0 Å². The predicted molar refractivity (Wildman–Crippen MR) is 190 cm³/mol. The number of aromatic nitrogens is 1. The standard InChI is InChI=1S/C36H46N6O4S/c43-32(29-14-10-16-31-34(29)47-36(46)41-31)25-37-20-8-1-2-9-21-38-33(44)19-24-42-22-17-27(18-23-42)39-35(45)40-30-15-7-6-13-28(30)26-11-4-3-5-12-26/h3-7,10-16,27,32,37,43H,1-2,8-9,17-25H2,(H,38,44)(H,41,46)(H2,39,40,45). The van der Waals surface area contributed by atoms with E-state index >= 15 is 0 Å². The van der Waals surface area contributed by atoms with Crippen molar-refractivity contribution in [1.29, 1.82) is 0 Å². The number of urea groups is 1. The Balaban J connectivity index is 0.874. The Morgan fingerprint density at radius 3 is 2.47 bits per heavy atom. The number of unbranched alkanes of at least 4 members (excludes halogenated alkanes) is 3. The van der Waals surface area contributed by atoms with E-state index < -0.39 is 6.10 Å². The minimum absolute atomic E-state index is 0.0832. The van der Waals surface area contributed by atoms with E-state index in [1.165, 1.54) is 0 Å². The smallest absolute Gasteiger partial charge is 0.319 e. The van der Waals surface area contributed by atoms with Gasteiger partial charge in [0.15, 0.2) is 0 Å². The third-order valence-electron chi connectivity index (χ3n) is 8.61. The monoisotopic (exact) mass is 658 g/mol. The number of aliphatic hydroxyl groups excluding tert-OH is 1. The van der Waals surface area contributed by atoms with Crippen molar-refractivity contribution in [2.75, 3.05) is 44.6 Å². The van der Waals surface area contributed by atoms with Gasteiger partial charge in [0.1, 0.15) is 0 Å². The van der Waals surface area contributed by atoms with Crippen LogP contribution >= 0.6 is 11.3 Å². The zero-order valence-electron chi connectivity index (χ0n) is 26.8. The minimum Gasteiger partial charge on any atom is -0.387 e. The third kappa shape index (κ3) is 10.5. The Morgan fingerprint density at radius 2 is 1.66 bits per heavy atom. The highest BCUT2D eigenvalue weighted by molar-refractivity contribution is 7.16. The lowest BCUT2D eigenvalue weighted by molar-refractivity contribution is -0.121. The summed E-state index contributed by atoms with van der Waals surface area (Å²) in [6.45, 7) is 4.37. The quantitative estimate of drug-likeness (QED) is 0.0912. The number of carbonyl (C=O) groups excluding carboxylic acids is 2. The molecule has 1 atom stereocenters. The minimum atomic E-state index is -0.663. The molecule has 0 aliphatic carbocycles. The summed E-state index contributed by atoms with van der Waals surface area (Å²) >= 11 is 1.13. The highest BCUT2D eigenvalue weighted by Crippen LogP contribution is 2.28. The number of hydrogen-bond donors (Lipinski definition) is 6. The number of nitrogens with zero attached hydrogens (tertiary/aromatic N) is 1. The molecule has 4 aromatic rings. The summed E-state index contributed by atoms with van der Waals surface area (Å²) in [5.74, 6) is 0.0832. The molecule has 10 nitrogen and oxygen atoms in total. The summed E-state index contributed by atoms with van der Waals surface area (Å²) in [5.41, 5.74) is 4.37. The summed E-state index contributed by atoms with van der Waals surface area (Å²) in [4.78, 5) is 41.8. The van der Waals surface area contributed by atoms with Gasteiger partial charge in [0, 0.05) is 56.3 Å². The van der Waals surface area contributed by atoms with E-state index in [1.807, 2.05) is 72.8 Å². The number of fused-ring (bicyclic) bond motifs is 1. The van der Waals surface area contributed by atoms with Crippen LogP contribution in [0.1, 0.15) is 56.6 Å². The second-order valence-electron chi connectivity index (χ2n) is 12.1. The first kappa shape index (κ1) is 34.3. The van der Waals surface area contributed by atoms with Crippen molar-refractivity contribution in [3.8, 4) is 11.1 Å². The van der Waals surface area contributed by atoms with E-state index in [9.17, 15) is 19.5 Å². The predicted octanol–water partition coefficient (Wildman–Crippen LogP) is 5.23. The summed E-state index contributed by atoms with van der Waals surface area (Å²) in [6, 6.07) is 23.3. The first-order valence-electron chi connectivity index (χ1n) is 16.7. The number of aliphatic hydroxyl groups is 1. The molecule has 0 saturated carbocycles. The van der Waals surface area contributed by atoms with Gasteiger partial charge >= 0.3 is 10.9 Å². The molecule has 0 spiro atoms. The van der Waals surface area contributed by atoms with E-state index in [0.29, 0.717) is 19.5 Å². The molecule has 2 heterocycles. The molecule has 1 fully saturated rings. The van der Waals surface area contributed by atoms with Gasteiger partial charge in [-0.3, -0.25) is 9.59 Å². The average molecular weight is 659 g/mol. The van der Waals surface area contributed by atoms with Gasteiger partial charge in [-0.05, 0) is 49.9 Å². The Bertz CT molecular complexity index is 1630. The molecule has 11 heteroatoms. The van der Waals surface area contributed by atoms with Crippen molar-refractivity contribution in [3.05, 3.63) is 88.0 Å². The summed E-state index contributed by atoms with van der Waals surface area (Å²) < 4.78 is 0.814. The van der Waals surface area contributed by atoms with Gasteiger partial charge < -0.3 is 36.3 Å². The van der Waals surface area contributed by atoms with Crippen LogP contribution in [-0.4, -0.2) is 72.2 Å². The van der Waals surface area contributed by atoms with E-state index in [2.05, 4.69) is 31.2 Å². The van der Waals surface area contributed by atoms with Gasteiger partial charge in [-0.1, -0.05) is 84.8 Å². The second kappa shape index (κ2) is 17.8. The lowest BCUT2D eigenvalue weighted by atomic mass is 10.0. The molecule has 1 aliphatic heterocycles. The van der Waals surface area contributed by atoms with Crippen LogP contribution in [0.5, 0.6) is 0 Å². The van der Waals surface area contributed by atoms with Gasteiger partial charge in [0.2, 0.25) is 5.91 Å². The first-order valence-corrected chi connectivity index (χ1v) is 17.5. The molecule has 0 radical (unpaired) electrons. The highest BCUT2D eigenvalue weighted by atomic mass is 32.1. The number of nitrogens with one attached hydrogen (secondary N) is 5. The summed E-state index contributed by atoms with van der Waals surface area (Å²) in [5, 5.41) is 23.1. The molecule has 5 rings (SSSR count). The van der Waals surface area contributed by atoms with Crippen molar-refractivity contribution >= 4 is 39.2 Å². The largest absolute Gasteiger partial charge is 0.387 e. The second-order valence-corrected chi connectivity index (χ2v) is 13.1. The SMILES string of the molecule is O=C(CCN1CCC(NC(=O)Nc2ccccc2-c2ccccc2)CC1)NCCCCCCNCC(O)c1cccc2[nH]c(=O)sc12. The van der Waals surface area contributed by atoms with Crippen LogP contribution in [-0.2, 0) is 4.79 Å². The Kier molecular flexibility index (Phi) is 13.0. The Morgan fingerprint density at radius 1 is 0.915 bits per heavy atom. The fourth-order valence-corrected chi connectivity index (χ4v) is 6.91. The maximum atomic E-state index is 12.8. The van der Waals surface area contributed by atoms with Crippen LogP contribution in [0.2, 0.25) is 0 Å². The van der Waals surface area contributed by atoms with Crippen molar-refractivity contribution < 1.29 is 14.7 Å². The number of H-pyrrole nitrogens is 1. The number of anilines is 1. The number of benzene rings is 3. The third-order valence-corrected chi connectivity index (χ3v) is 9.56. The molecule has 1 unspecified atom stereocenters. The normalized spacial score (nSPS) is 14.6. The van der Waals surface area contributed by atoms with Crippen LogP contribution < -0.4 is 26.1 Å². The molecule has 250 valence electrons. The van der Waals surface area contributed by atoms with Crippen LogP contribution in [0.25, 0.3) is 21.3 Å². The summed E-state index contributed by atoms with van der Waals surface area (Å²) in [6.07, 6.45) is 5.55. The zero-order valence-corrected chi connectivity index (χ0v) is 27.6. The summed E-state index contributed by atoms with van der Waals surface area (Å²) in [7, 11) is 0. The lowest BCUT2D eigenvalue weighted by Gasteiger charge is -2.32. The Labute approximate surface area is 280 Å². The topological polar surface area (TPSA) is 139 Å². The molecule has 3 aromatic carbocycles. The lowest BCUT2D eigenvalue weighted by Crippen LogP contribution is -2.46. The Hall–Kier alpha value is -4.03. The van der Waals surface area contributed by atoms with E-state index in [-0.39, 0.29) is 22.9 Å². The molecule has 47 heavy (non-hydrogen) atoms. The molecule has 1 saturated heterocycles. The molecular formula is C36H46N6O4S. The number of likely N-dealkylation sites (tertiary alicyclic amines) is 1. The number of amides is 3. The van der Waals surface area contributed by atoms with Crippen LogP contribution in [0, 0.1) is 0 Å². The van der Waals surface area contributed by atoms with Crippen LogP contribution in [0.15, 0.2) is 77.6 Å². The van der Waals surface area contributed by atoms with Gasteiger partial charge in [0.05, 0.1) is 22.0 Å². The fourth-order valence-electron chi connectivity index (χ4n) is 6.02.